The number of methoxy groups -OCH3 is 1. The van der Waals surface area contributed by atoms with Crippen molar-refractivity contribution in [2.45, 2.75) is 146 Å². The van der Waals surface area contributed by atoms with E-state index >= 15 is 0 Å². The molecule has 4 N–H and O–H groups in total. The monoisotopic (exact) mass is 859 g/mol. The van der Waals surface area contributed by atoms with E-state index in [0.29, 0.717) is 23.3 Å². The van der Waals surface area contributed by atoms with Gasteiger partial charge in [-0.15, -0.1) is 0 Å². The van der Waals surface area contributed by atoms with Crippen LogP contribution in [0.3, 0.4) is 0 Å². The number of hydrogen-bond donors (Lipinski definition) is 4. The number of ether oxygens (including phenoxy) is 2. The van der Waals surface area contributed by atoms with Gasteiger partial charge >= 0.3 is 11.9 Å². The molecule has 1 saturated heterocycles. The molecule has 3 aromatic rings. The maximum atomic E-state index is 14.4. The zero-order valence-electron chi connectivity index (χ0n) is 39.9. The van der Waals surface area contributed by atoms with E-state index in [1.807, 2.05) is 19.1 Å². The number of allylic oxidation sites excluding steroid dienone is 3. The van der Waals surface area contributed by atoms with Crippen molar-refractivity contribution in [3.05, 3.63) is 96.5 Å². The van der Waals surface area contributed by atoms with E-state index in [0.717, 1.165) is 92.5 Å². The number of esters is 2. The lowest BCUT2D eigenvalue weighted by Crippen LogP contribution is -2.25. The van der Waals surface area contributed by atoms with Crippen LogP contribution in [0.4, 0.5) is 0 Å². The lowest BCUT2D eigenvalue weighted by molar-refractivity contribution is -0.143. The molecule has 5 heterocycles. The molecule has 3 aromatic heterocycles. The Morgan fingerprint density at radius 1 is 0.841 bits per heavy atom. The largest absolute Gasteiger partial charge is 0.468 e. The van der Waals surface area contributed by atoms with E-state index < -0.39 is 11.9 Å². The van der Waals surface area contributed by atoms with Gasteiger partial charge in [-0.2, -0.15) is 0 Å². The molecule has 2 aliphatic heterocycles. The molecule has 5 atom stereocenters. The molecule has 1 aliphatic carbocycles. The Morgan fingerprint density at radius 2 is 1.52 bits per heavy atom. The third-order valence-electron chi connectivity index (χ3n) is 14.4. The maximum absolute atomic E-state index is 14.4. The Morgan fingerprint density at radius 3 is 2.21 bits per heavy atom. The minimum Gasteiger partial charge on any atom is -0.468 e. The molecule has 3 aliphatic rings. The van der Waals surface area contributed by atoms with Gasteiger partial charge in [-0.25, -0.2) is 0 Å². The predicted molar refractivity (Wildman–Crippen MR) is 257 cm³/mol. The van der Waals surface area contributed by atoms with E-state index in [4.69, 9.17) is 9.47 Å². The van der Waals surface area contributed by atoms with E-state index in [1.54, 1.807) is 0 Å². The number of hydrogen-bond acceptors (Lipinski definition) is 6. The highest BCUT2D eigenvalue weighted by atomic mass is 16.5. The third kappa shape index (κ3) is 10.3. The van der Waals surface area contributed by atoms with Gasteiger partial charge in [0, 0.05) is 74.1 Å². The number of fused-ring (bicyclic) bond motifs is 7. The van der Waals surface area contributed by atoms with Gasteiger partial charge in [0.25, 0.3) is 0 Å². The van der Waals surface area contributed by atoms with Crippen LogP contribution in [-0.4, -0.2) is 46.4 Å². The Balaban J connectivity index is 1.24. The van der Waals surface area contributed by atoms with Crippen LogP contribution in [0.2, 0.25) is 0 Å². The summed E-state index contributed by atoms with van der Waals surface area (Å²) in [6, 6.07) is 0. The van der Waals surface area contributed by atoms with Gasteiger partial charge in [-0.3, -0.25) is 14.4 Å². The van der Waals surface area contributed by atoms with Gasteiger partial charge in [0.05, 0.1) is 12.8 Å². The molecular weight excluding hydrogens is 785 g/mol. The first kappa shape index (κ1) is 47.4. The summed E-state index contributed by atoms with van der Waals surface area (Å²) in [6.07, 6.45) is 24.4. The van der Waals surface area contributed by atoms with E-state index in [1.165, 1.54) is 69.6 Å². The van der Waals surface area contributed by atoms with Crippen molar-refractivity contribution in [2.24, 2.45) is 29.6 Å². The second kappa shape index (κ2) is 21.1. The van der Waals surface area contributed by atoms with Crippen LogP contribution in [-0.2, 0) is 25.5 Å². The molecular formula is C54H74N4O5. The number of H-pyrrole nitrogens is 3. The summed E-state index contributed by atoms with van der Waals surface area (Å²) < 4.78 is 11.1. The number of nitrogens with one attached hydrogen (secondary N) is 4. The van der Waals surface area contributed by atoms with E-state index in [2.05, 4.69) is 100 Å². The van der Waals surface area contributed by atoms with Crippen LogP contribution in [0.15, 0.2) is 29.6 Å². The summed E-state index contributed by atoms with van der Waals surface area (Å²) in [5, 5.41) is 5.66. The number of aromatic amines is 3. The fourth-order valence-corrected chi connectivity index (χ4v) is 10.3. The van der Waals surface area contributed by atoms with Gasteiger partial charge in [0.2, 0.25) is 0 Å². The molecule has 6 rings (SSSR count). The van der Waals surface area contributed by atoms with Crippen LogP contribution in [0.1, 0.15) is 180 Å². The van der Waals surface area contributed by atoms with Gasteiger partial charge in [-0.1, -0.05) is 104 Å². The summed E-state index contributed by atoms with van der Waals surface area (Å²) in [6.45, 7) is 24.0. The third-order valence-corrected chi connectivity index (χ3v) is 14.4. The Bertz CT molecular complexity index is 2410. The van der Waals surface area contributed by atoms with Crippen LogP contribution in [0, 0.1) is 50.4 Å². The van der Waals surface area contributed by atoms with Crippen molar-refractivity contribution in [3.63, 3.8) is 0 Å². The second-order valence-corrected chi connectivity index (χ2v) is 18.9. The maximum Gasteiger partial charge on any atom is 0.321 e. The molecule has 9 nitrogen and oxygen atoms in total. The molecule has 0 amide bonds. The minimum absolute atomic E-state index is 0.0866. The van der Waals surface area contributed by atoms with Crippen LogP contribution in [0.5, 0.6) is 0 Å². The zero-order chi connectivity index (χ0) is 45.5. The van der Waals surface area contributed by atoms with Gasteiger partial charge in [0.1, 0.15) is 12.5 Å². The lowest BCUT2D eigenvalue weighted by Gasteiger charge is -2.19. The Hall–Kier alpha value is -5.05. The molecule has 0 saturated carbocycles. The first-order chi connectivity index (χ1) is 30.2. The molecule has 1 fully saturated rings. The van der Waals surface area contributed by atoms with Crippen molar-refractivity contribution in [3.8, 4) is 0 Å². The number of ketones is 1. The summed E-state index contributed by atoms with van der Waals surface area (Å²) in [7, 11) is 1.32. The SMILES string of the molecule is C=Cc1c2[nH]c(c1C)/C=C1/N/C(=C3\c4[nH]c(c(C)c4C(=O)[C@@H]3C(=O)OC)/C=c3\[nH]/c(c(C)c3CC)=C\2)[C@@H](CCC(=O)OC/C=C(\C)CCC[C@H](C)CCC[C@H](C)CCCCC)[C@@H]1C. The molecule has 0 aromatic carbocycles. The smallest absolute Gasteiger partial charge is 0.321 e. The Kier molecular flexibility index (Phi) is 15.9. The highest BCUT2D eigenvalue weighted by Gasteiger charge is 2.48. The van der Waals surface area contributed by atoms with Crippen LogP contribution < -0.4 is 16.0 Å². The lowest BCUT2D eigenvalue weighted by atomic mass is 9.85. The number of rotatable bonds is 20. The molecule has 9 heteroatoms. The minimum atomic E-state index is -1.14. The number of carbonyl (C=O) groups is 3. The predicted octanol–water partition coefficient (Wildman–Crippen LogP) is 10.8. The first-order valence-corrected chi connectivity index (χ1v) is 23.9. The summed E-state index contributed by atoms with van der Waals surface area (Å²) in [4.78, 5) is 52.4. The number of carbonyl (C=O) groups excluding carboxylic acids is 3. The first-order valence-electron chi connectivity index (χ1n) is 23.9. The molecule has 0 spiro atoms. The summed E-state index contributed by atoms with van der Waals surface area (Å²) in [5.74, 6) is -1.06. The normalized spacial score (nSPS) is 22.1. The molecule has 8 bridgehead atoms. The fraction of sp³-hybridized carbons (Fsp3) is 0.537. The zero-order valence-corrected chi connectivity index (χ0v) is 39.9. The van der Waals surface area contributed by atoms with Gasteiger partial charge in [-0.05, 0) is 112 Å². The van der Waals surface area contributed by atoms with E-state index in [-0.39, 0.29) is 36.6 Å². The summed E-state index contributed by atoms with van der Waals surface area (Å²) in [5.41, 5.74) is 12.5. The van der Waals surface area contributed by atoms with Crippen molar-refractivity contribution >= 4 is 47.6 Å². The molecule has 340 valence electrons. The Labute approximate surface area is 376 Å². The van der Waals surface area contributed by atoms with E-state index in [9.17, 15) is 14.4 Å². The molecule has 63 heavy (non-hydrogen) atoms. The van der Waals surface area contributed by atoms with Crippen molar-refractivity contribution in [2.75, 3.05) is 13.7 Å². The average Bonchev–Trinajstić information content (AvgIpc) is 4.00. The fourth-order valence-electron chi connectivity index (χ4n) is 10.3. The second-order valence-electron chi connectivity index (χ2n) is 18.9. The average molecular weight is 859 g/mol. The van der Waals surface area contributed by atoms with Crippen molar-refractivity contribution < 1.29 is 23.9 Å². The number of aromatic nitrogens is 3. The number of unbranched alkanes of at least 4 members (excludes halogenated alkanes) is 2. The van der Waals surface area contributed by atoms with Gasteiger partial charge in [0.15, 0.2) is 5.78 Å². The number of Topliss-reactive ketones (excluding diaryl/α,β-unsaturated/α-hetero) is 1. The molecule has 0 radical (unpaired) electrons. The van der Waals surface area contributed by atoms with Crippen LogP contribution >= 0.6 is 0 Å². The topological polar surface area (TPSA) is 129 Å². The highest BCUT2D eigenvalue weighted by Crippen LogP contribution is 2.48. The van der Waals surface area contributed by atoms with Crippen molar-refractivity contribution in [1.29, 1.82) is 0 Å². The highest BCUT2D eigenvalue weighted by molar-refractivity contribution is 6.24. The summed E-state index contributed by atoms with van der Waals surface area (Å²) >= 11 is 0. The quantitative estimate of drug-likeness (QED) is 0.0388. The van der Waals surface area contributed by atoms with Crippen LogP contribution in [0.25, 0.3) is 29.9 Å². The van der Waals surface area contributed by atoms with Crippen molar-refractivity contribution in [1.82, 2.24) is 20.3 Å². The molecule has 0 unspecified atom stereocenters. The van der Waals surface area contributed by atoms with Gasteiger partial charge < -0.3 is 29.7 Å². The standard InChI is InChI=1S/C54H74N4O5/c1-12-15-16-19-31(4)20-17-21-32(5)22-18-23-33(6)26-27-63-47(59)25-24-40-36(9)43-28-41-34(7)38(13-2)45(55-41)29-42-35(8)39(14-3)46(56-42)30-44-37(10)48-52(58-44)49(51(40)57-43)50(53(48)60)54(61)62-11/h13,26,28-32,36,40,50,55-58H,2,12,14-25,27H2,1,3-11H3/b33-26+,42-29-,43-28+,46-30-,51-49-/t31-,32-,36+,40+,50-/m1/s1.